The molecular weight excluding hydrogens is 290 g/mol. The van der Waals surface area contributed by atoms with E-state index in [2.05, 4.69) is 15.3 Å². The molecule has 1 aromatic carbocycles. The number of aryl methyl sites for hydroxylation is 1. The molecule has 0 radical (unpaired) electrons. The zero-order valence-electron chi connectivity index (χ0n) is 13.1. The molecule has 4 rings (SSSR count). The van der Waals surface area contributed by atoms with Gasteiger partial charge in [-0.15, -0.1) is 0 Å². The van der Waals surface area contributed by atoms with E-state index in [0.29, 0.717) is 5.56 Å². The first kappa shape index (κ1) is 14.0. The Bertz CT molecular complexity index is 836. The molecule has 0 aliphatic carbocycles. The normalized spacial score (nSPS) is 18.0. The summed E-state index contributed by atoms with van der Waals surface area (Å²) in [6, 6.07) is 6.10. The van der Waals surface area contributed by atoms with Crippen molar-refractivity contribution in [1.29, 1.82) is 0 Å². The summed E-state index contributed by atoms with van der Waals surface area (Å²) in [6.07, 6.45) is 7.54. The van der Waals surface area contributed by atoms with Crippen molar-refractivity contribution in [2.75, 3.05) is 6.54 Å². The van der Waals surface area contributed by atoms with Crippen LogP contribution in [-0.4, -0.2) is 43.4 Å². The van der Waals surface area contributed by atoms with Gasteiger partial charge >= 0.3 is 0 Å². The average molecular weight is 309 g/mol. The molecule has 6 nitrogen and oxygen atoms in total. The maximum atomic E-state index is 13.1. The summed E-state index contributed by atoms with van der Waals surface area (Å²) in [5.74, 6) is 0.0811. The van der Waals surface area contributed by atoms with Crippen molar-refractivity contribution >= 4 is 16.8 Å². The SMILES string of the molecule is Cc1cc(C(=O)N2CCCC2Cn2cccn2)c2[nH]ncc2c1. The highest BCUT2D eigenvalue weighted by Gasteiger charge is 2.31. The summed E-state index contributed by atoms with van der Waals surface area (Å²) in [4.78, 5) is 15.1. The molecule has 1 amide bonds. The number of hydrogen-bond donors (Lipinski definition) is 1. The second-order valence-corrected chi connectivity index (χ2v) is 6.17. The summed E-state index contributed by atoms with van der Waals surface area (Å²) >= 11 is 0. The zero-order valence-corrected chi connectivity index (χ0v) is 13.1. The molecule has 1 fully saturated rings. The molecule has 1 unspecified atom stereocenters. The minimum Gasteiger partial charge on any atom is -0.334 e. The van der Waals surface area contributed by atoms with Crippen LogP contribution in [0, 0.1) is 6.92 Å². The minimum absolute atomic E-state index is 0.0811. The Morgan fingerprint density at radius 1 is 1.43 bits per heavy atom. The van der Waals surface area contributed by atoms with E-state index < -0.39 is 0 Å². The Morgan fingerprint density at radius 3 is 3.17 bits per heavy atom. The van der Waals surface area contributed by atoms with Gasteiger partial charge in [-0.05, 0) is 43.5 Å². The highest BCUT2D eigenvalue weighted by atomic mass is 16.2. The number of carbonyl (C=O) groups excluding carboxylic acids is 1. The van der Waals surface area contributed by atoms with Gasteiger partial charge in [0.1, 0.15) is 0 Å². The lowest BCUT2D eigenvalue weighted by molar-refractivity contribution is 0.0723. The number of fused-ring (bicyclic) bond motifs is 1. The predicted octanol–water partition coefficient (Wildman–Crippen LogP) is 2.37. The molecule has 3 aromatic rings. The summed E-state index contributed by atoms with van der Waals surface area (Å²) in [7, 11) is 0. The van der Waals surface area contributed by atoms with Gasteiger partial charge in [0.05, 0.1) is 29.9 Å². The molecule has 1 aliphatic rings. The lowest BCUT2D eigenvalue weighted by Crippen LogP contribution is -2.38. The van der Waals surface area contributed by atoms with E-state index in [9.17, 15) is 4.79 Å². The van der Waals surface area contributed by atoms with E-state index in [0.717, 1.165) is 42.4 Å². The number of aromatic nitrogens is 4. The average Bonchev–Trinajstić information content (AvgIpc) is 3.26. The second-order valence-electron chi connectivity index (χ2n) is 6.17. The molecule has 2 aromatic heterocycles. The summed E-state index contributed by atoms with van der Waals surface area (Å²) < 4.78 is 1.90. The smallest absolute Gasteiger partial charge is 0.256 e. The standard InChI is InChI=1S/C17H19N5O/c1-12-8-13-10-18-20-16(13)15(9-12)17(23)22-7-2-4-14(22)11-21-6-3-5-19-21/h3,5-6,8-10,14H,2,4,7,11H2,1H3,(H,18,20). The highest BCUT2D eigenvalue weighted by Crippen LogP contribution is 2.25. The van der Waals surface area contributed by atoms with E-state index >= 15 is 0 Å². The van der Waals surface area contributed by atoms with Crippen LogP contribution in [0.3, 0.4) is 0 Å². The fraction of sp³-hybridized carbons (Fsp3) is 0.353. The van der Waals surface area contributed by atoms with Crippen LogP contribution in [0.1, 0.15) is 28.8 Å². The zero-order chi connectivity index (χ0) is 15.8. The largest absolute Gasteiger partial charge is 0.334 e. The van der Waals surface area contributed by atoms with Crippen LogP contribution in [0.2, 0.25) is 0 Å². The number of aromatic amines is 1. The van der Waals surface area contributed by atoms with Crippen LogP contribution < -0.4 is 0 Å². The Balaban J connectivity index is 1.65. The molecule has 1 atom stereocenters. The number of benzene rings is 1. The maximum Gasteiger partial charge on any atom is 0.256 e. The van der Waals surface area contributed by atoms with Crippen LogP contribution in [0.15, 0.2) is 36.8 Å². The second kappa shape index (κ2) is 5.53. The third-order valence-electron chi connectivity index (χ3n) is 4.52. The van der Waals surface area contributed by atoms with Crippen LogP contribution in [-0.2, 0) is 6.54 Å². The molecule has 3 heterocycles. The number of likely N-dealkylation sites (tertiary alicyclic amines) is 1. The van der Waals surface area contributed by atoms with E-state index in [1.54, 1.807) is 12.4 Å². The number of hydrogen-bond acceptors (Lipinski definition) is 3. The fourth-order valence-electron chi connectivity index (χ4n) is 3.45. The Hall–Kier alpha value is -2.63. The molecule has 6 heteroatoms. The summed E-state index contributed by atoms with van der Waals surface area (Å²) in [5.41, 5.74) is 2.61. The molecule has 23 heavy (non-hydrogen) atoms. The first-order valence-corrected chi connectivity index (χ1v) is 7.94. The minimum atomic E-state index is 0.0811. The first-order chi connectivity index (χ1) is 11.2. The molecule has 1 N–H and O–H groups in total. The third-order valence-corrected chi connectivity index (χ3v) is 4.52. The van der Waals surface area contributed by atoms with Gasteiger partial charge in [-0.25, -0.2) is 0 Å². The molecule has 0 saturated carbocycles. The van der Waals surface area contributed by atoms with Gasteiger partial charge in [0.2, 0.25) is 0 Å². The molecule has 0 bridgehead atoms. The van der Waals surface area contributed by atoms with E-state index in [4.69, 9.17) is 0 Å². The van der Waals surface area contributed by atoms with Crippen LogP contribution in [0.5, 0.6) is 0 Å². The third kappa shape index (κ3) is 2.50. The Labute approximate surface area is 134 Å². The van der Waals surface area contributed by atoms with E-state index in [-0.39, 0.29) is 11.9 Å². The van der Waals surface area contributed by atoms with Gasteiger partial charge < -0.3 is 4.90 Å². The van der Waals surface area contributed by atoms with Crippen LogP contribution >= 0.6 is 0 Å². The predicted molar refractivity (Wildman–Crippen MR) is 87.1 cm³/mol. The quantitative estimate of drug-likeness (QED) is 0.807. The number of nitrogens with zero attached hydrogens (tertiary/aromatic N) is 4. The van der Waals surface area contributed by atoms with E-state index in [1.165, 1.54) is 0 Å². The van der Waals surface area contributed by atoms with Crippen LogP contribution in [0.25, 0.3) is 10.9 Å². The van der Waals surface area contributed by atoms with Crippen molar-refractivity contribution in [1.82, 2.24) is 24.9 Å². The number of H-pyrrole nitrogens is 1. The van der Waals surface area contributed by atoms with Crippen molar-refractivity contribution in [2.45, 2.75) is 32.4 Å². The number of rotatable bonds is 3. The van der Waals surface area contributed by atoms with Crippen LogP contribution in [0.4, 0.5) is 0 Å². The van der Waals surface area contributed by atoms with Crippen molar-refractivity contribution in [2.24, 2.45) is 0 Å². The molecule has 1 saturated heterocycles. The monoisotopic (exact) mass is 309 g/mol. The Kier molecular flexibility index (Phi) is 3.37. The molecular formula is C17H19N5O. The van der Waals surface area contributed by atoms with Gasteiger partial charge in [0, 0.05) is 24.3 Å². The summed E-state index contributed by atoms with van der Waals surface area (Å²) in [5, 5.41) is 12.3. The molecule has 118 valence electrons. The van der Waals surface area contributed by atoms with Gasteiger partial charge in [0.15, 0.2) is 0 Å². The van der Waals surface area contributed by atoms with Gasteiger partial charge in [-0.1, -0.05) is 0 Å². The van der Waals surface area contributed by atoms with Crippen molar-refractivity contribution in [3.8, 4) is 0 Å². The number of amides is 1. The number of carbonyl (C=O) groups is 1. The summed E-state index contributed by atoms with van der Waals surface area (Å²) in [6.45, 7) is 3.56. The van der Waals surface area contributed by atoms with Gasteiger partial charge in [-0.2, -0.15) is 10.2 Å². The van der Waals surface area contributed by atoms with Gasteiger partial charge in [0.25, 0.3) is 5.91 Å². The number of nitrogens with one attached hydrogen (secondary N) is 1. The lowest BCUT2D eigenvalue weighted by Gasteiger charge is -2.25. The molecule has 0 spiro atoms. The first-order valence-electron chi connectivity index (χ1n) is 7.94. The molecule has 1 aliphatic heterocycles. The van der Waals surface area contributed by atoms with Crippen molar-refractivity contribution in [3.63, 3.8) is 0 Å². The van der Waals surface area contributed by atoms with Crippen molar-refractivity contribution < 1.29 is 4.79 Å². The van der Waals surface area contributed by atoms with Crippen molar-refractivity contribution in [3.05, 3.63) is 47.9 Å². The highest BCUT2D eigenvalue weighted by molar-refractivity contribution is 6.05. The van der Waals surface area contributed by atoms with Gasteiger partial charge in [-0.3, -0.25) is 14.6 Å². The Morgan fingerprint density at radius 2 is 2.35 bits per heavy atom. The maximum absolute atomic E-state index is 13.1. The van der Waals surface area contributed by atoms with E-state index in [1.807, 2.05) is 40.9 Å². The fourth-order valence-corrected chi connectivity index (χ4v) is 3.45. The lowest BCUT2D eigenvalue weighted by atomic mass is 10.1. The topological polar surface area (TPSA) is 66.8 Å².